The van der Waals surface area contributed by atoms with Crippen molar-refractivity contribution in [1.29, 1.82) is 0 Å². The lowest BCUT2D eigenvalue weighted by molar-refractivity contribution is 0.142. The summed E-state index contributed by atoms with van der Waals surface area (Å²) in [6.45, 7) is 2.60. The Morgan fingerprint density at radius 1 is 1.73 bits per heavy atom. The Morgan fingerprint density at radius 3 is 3.07 bits per heavy atom. The summed E-state index contributed by atoms with van der Waals surface area (Å²) in [6.07, 6.45) is 4.43. The van der Waals surface area contributed by atoms with Crippen molar-refractivity contribution in [3.63, 3.8) is 0 Å². The zero-order valence-corrected chi connectivity index (χ0v) is 8.72. The second kappa shape index (κ2) is 3.96. The zero-order valence-electron chi connectivity index (χ0n) is 8.72. The quantitative estimate of drug-likeness (QED) is 0.812. The predicted molar refractivity (Wildman–Crippen MR) is 54.7 cm³/mol. The van der Waals surface area contributed by atoms with E-state index in [1.54, 1.807) is 12.5 Å². The first-order valence-electron chi connectivity index (χ1n) is 5.17. The Bertz CT molecular complexity index is 334. The van der Waals surface area contributed by atoms with E-state index in [1.165, 1.54) is 4.90 Å². The van der Waals surface area contributed by atoms with E-state index in [0.29, 0.717) is 12.5 Å². The molecule has 4 heteroatoms. The van der Waals surface area contributed by atoms with Gasteiger partial charge in [0.1, 0.15) is 0 Å². The van der Waals surface area contributed by atoms with E-state index >= 15 is 0 Å². The van der Waals surface area contributed by atoms with Crippen molar-refractivity contribution in [2.24, 2.45) is 5.92 Å². The molecule has 2 heterocycles. The van der Waals surface area contributed by atoms with Crippen molar-refractivity contribution < 1.29 is 14.3 Å². The summed E-state index contributed by atoms with van der Waals surface area (Å²) in [5.41, 5.74) is 1.15. The van der Waals surface area contributed by atoms with Gasteiger partial charge >= 0.3 is 6.09 Å². The number of hydrogen-bond acceptors (Lipinski definition) is 2. The third kappa shape index (κ3) is 2.14. The molecule has 0 radical (unpaired) electrons. The first kappa shape index (κ1) is 10.1. The SMILES string of the molecule is C[C@@H]1C[C@H](Cc2ccoc2)CN1C(=O)O. The Kier molecular flexibility index (Phi) is 2.66. The number of likely N-dealkylation sites (tertiary alicyclic amines) is 1. The van der Waals surface area contributed by atoms with Gasteiger partial charge < -0.3 is 14.4 Å². The lowest BCUT2D eigenvalue weighted by Crippen LogP contribution is -2.32. The van der Waals surface area contributed by atoms with Crippen molar-refractivity contribution in [2.75, 3.05) is 6.54 Å². The van der Waals surface area contributed by atoms with Gasteiger partial charge in [-0.1, -0.05) is 0 Å². The predicted octanol–water partition coefficient (Wildman–Crippen LogP) is 2.21. The van der Waals surface area contributed by atoms with Crippen LogP contribution in [0.1, 0.15) is 18.9 Å². The van der Waals surface area contributed by atoms with Crippen LogP contribution in [-0.2, 0) is 6.42 Å². The van der Waals surface area contributed by atoms with Crippen LogP contribution in [-0.4, -0.2) is 28.7 Å². The molecular formula is C11H15NO3. The Labute approximate surface area is 88.5 Å². The summed E-state index contributed by atoms with van der Waals surface area (Å²) >= 11 is 0. The van der Waals surface area contributed by atoms with Crippen molar-refractivity contribution in [1.82, 2.24) is 4.90 Å². The summed E-state index contributed by atoms with van der Waals surface area (Å²) in [5, 5.41) is 8.93. The molecule has 15 heavy (non-hydrogen) atoms. The number of nitrogens with zero attached hydrogens (tertiary/aromatic N) is 1. The van der Waals surface area contributed by atoms with Crippen molar-refractivity contribution in [3.05, 3.63) is 24.2 Å². The molecule has 0 aliphatic carbocycles. The average Bonchev–Trinajstić information content (AvgIpc) is 2.75. The zero-order chi connectivity index (χ0) is 10.8. The van der Waals surface area contributed by atoms with E-state index in [-0.39, 0.29) is 6.04 Å². The van der Waals surface area contributed by atoms with E-state index < -0.39 is 6.09 Å². The lowest BCUT2D eigenvalue weighted by atomic mass is 9.99. The van der Waals surface area contributed by atoms with Crippen LogP contribution in [0, 0.1) is 5.92 Å². The fourth-order valence-corrected chi connectivity index (χ4v) is 2.30. The van der Waals surface area contributed by atoms with Gasteiger partial charge in [-0.05, 0) is 37.3 Å². The maximum absolute atomic E-state index is 10.9. The van der Waals surface area contributed by atoms with Gasteiger partial charge in [-0.3, -0.25) is 0 Å². The maximum atomic E-state index is 10.9. The minimum atomic E-state index is -0.808. The third-order valence-electron chi connectivity index (χ3n) is 3.01. The number of carboxylic acid groups (broad SMARTS) is 1. The van der Waals surface area contributed by atoms with Gasteiger partial charge in [0.25, 0.3) is 0 Å². The lowest BCUT2D eigenvalue weighted by Gasteiger charge is -2.16. The summed E-state index contributed by atoms with van der Waals surface area (Å²) < 4.78 is 5.00. The van der Waals surface area contributed by atoms with Gasteiger partial charge in [0.15, 0.2) is 0 Å². The standard InChI is InChI=1S/C11H15NO3/c1-8-4-10(6-12(8)11(13)14)5-9-2-3-15-7-9/h2-3,7-8,10H,4-6H2,1H3,(H,13,14)/t8-,10-/m1/s1. The first-order chi connectivity index (χ1) is 7.16. The van der Waals surface area contributed by atoms with Crippen molar-refractivity contribution in [2.45, 2.75) is 25.8 Å². The molecule has 2 rings (SSSR count). The van der Waals surface area contributed by atoms with Crippen LogP contribution in [0.5, 0.6) is 0 Å². The topological polar surface area (TPSA) is 53.7 Å². The van der Waals surface area contributed by atoms with Crippen molar-refractivity contribution in [3.8, 4) is 0 Å². The Hall–Kier alpha value is -1.45. The molecule has 1 aliphatic heterocycles. The van der Waals surface area contributed by atoms with E-state index in [2.05, 4.69) is 0 Å². The largest absolute Gasteiger partial charge is 0.472 e. The van der Waals surface area contributed by atoms with Gasteiger partial charge in [-0.2, -0.15) is 0 Å². The highest BCUT2D eigenvalue weighted by atomic mass is 16.4. The molecule has 82 valence electrons. The Balaban J connectivity index is 1.94. The molecule has 1 N–H and O–H groups in total. The molecule has 1 saturated heterocycles. The molecule has 1 fully saturated rings. The normalized spacial score (nSPS) is 25.8. The third-order valence-corrected chi connectivity index (χ3v) is 3.01. The second-order valence-corrected chi connectivity index (χ2v) is 4.22. The highest BCUT2D eigenvalue weighted by Gasteiger charge is 2.32. The second-order valence-electron chi connectivity index (χ2n) is 4.22. The number of carbonyl (C=O) groups is 1. The maximum Gasteiger partial charge on any atom is 0.407 e. The van der Waals surface area contributed by atoms with E-state index in [0.717, 1.165) is 18.4 Å². The summed E-state index contributed by atoms with van der Waals surface area (Å²) in [4.78, 5) is 12.4. The van der Waals surface area contributed by atoms with Crippen LogP contribution in [0.25, 0.3) is 0 Å². The van der Waals surface area contributed by atoms with Gasteiger partial charge in [0.2, 0.25) is 0 Å². The molecule has 0 unspecified atom stereocenters. The first-order valence-corrected chi connectivity index (χ1v) is 5.17. The molecule has 1 aromatic heterocycles. The van der Waals surface area contributed by atoms with Crippen LogP contribution in [0.3, 0.4) is 0 Å². The number of hydrogen-bond donors (Lipinski definition) is 1. The summed E-state index contributed by atoms with van der Waals surface area (Å²) in [6, 6.07) is 2.08. The van der Waals surface area contributed by atoms with Crippen LogP contribution in [0.4, 0.5) is 4.79 Å². The molecule has 1 amide bonds. The monoisotopic (exact) mass is 209 g/mol. The van der Waals surface area contributed by atoms with Crippen LogP contribution in [0.2, 0.25) is 0 Å². The molecule has 2 atom stereocenters. The molecule has 0 aromatic carbocycles. The molecule has 0 spiro atoms. The molecule has 4 nitrogen and oxygen atoms in total. The van der Waals surface area contributed by atoms with Gasteiger partial charge in [-0.15, -0.1) is 0 Å². The molecular weight excluding hydrogens is 194 g/mol. The molecule has 0 bridgehead atoms. The highest BCUT2D eigenvalue weighted by Crippen LogP contribution is 2.26. The van der Waals surface area contributed by atoms with Crippen molar-refractivity contribution >= 4 is 6.09 Å². The fourth-order valence-electron chi connectivity index (χ4n) is 2.30. The van der Waals surface area contributed by atoms with Gasteiger partial charge in [0, 0.05) is 12.6 Å². The summed E-state index contributed by atoms with van der Waals surface area (Å²) in [7, 11) is 0. The van der Waals surface area contributed by atoms with Crippen LogP contribution in [0.15, 0.2) is 23.0 Å². The van der Waals surface area contributed by atoms with Crippen LogP contribution < -0.4 is 0 Å². The number of furan rings is 1. The number of amides is 1. The molecule has 1 aliphatic rings. The minimum absolute atomic E-state index is 0.138. The van der Waals surface area contributed by atoms with E-state index in [9.17, 15) is 4.79 Å². The van der Waals surface area contributed by atoms with Crippen LogP contribution >= 0.6 is 0 Å². The Morgan fingerprint density at radius 2 is 2.53 bits per heavy atom. The highest BCUT2D eigenvalue weighted by molar-refractivity contribution is 5.65. The van der Waals surface area contributed by atoms with E-state index in [1.807, 2.05) is 13.0 Å². The van der Waals surface area contributed by atoms with Gasteiger partial charge in [0.05, 0.1) is 12.5 Å². The van der Waals surface area contributed by atoms with E-state index in [4.69, 9.17) is 9.52 Å². The fraction of sp³-hybridized carbons (Fsp3) is 0.545. The minimum Gasteiger partial charge on any atom is -0.472 e. The van der Waals surface area contributed by atoms with Gasteiger partial charge in [-0.25, -0.2) is 4.79 Å². The summed E-state index contributed by atoms with van der Waals surface area (Å²) in [5.74, 6) is 0.425. The molecule has 0 saturated carbocycles. The average molecular weight is 209 g/mol. The molecule has 1 aromatic rings. The number of rotatable bonds is 2. The smallest absolute Gasteiger partial charge is 0.407 e.